The van der Waals surface area contributed by atoms with E-state index in [-0.39, 0.29) is 5.91 Å². The molecule has 0 aliphatic heterocycles. The van der Waals surface area contributed by atoms with Gasteiger partial charge < -0.3 is 10.1 Å². The highest BCUT2D eigenvalue weighted by Gasteiger charge is 2.09. The molecule has 2 aromatic heterocycles. The SMILES string of the molecule is COCc1ccc(C(=O)Nc2cnc3n[nH]c(C)c3c2)cc1. The summed E-state index contributed by atoms with van der Waals surface area (Å²) in [6.07, 6.45) is 1.60. The summed E-state index contributed by atoms with van der Waals surface area (Å²) in [5.41, 5.74) is 3.81. The minimum Gasteiger partial charge on any atom is -0.380 e. The largest absolute Gasteiger partial charge is 0.380 e. The topological polar surface area (TPSA) is 79.9 Å². The molecule has 6 nitrogen and oxygen atoms in total. The number of fused-ring (bicyclic) bond motifs is 1. The normalized spacial score (nSPS) is 10.8. The van der Waals surface area contributed by atoms with Crippen LogP contribution in [-0.2, 0) is 11.3 Å². The molecule has 1 aromatic carbocycles. The van der Waals surface area contributed by atoms with Gasteiger partial charge in [0.2, 0.25) is 0 Å². The number of nitrogens with one attached hydrogen (secondary N) is 2. The summed E-state index contributed by atoms with van der Waals surface area (Å²) in [7, 11) is 1.64. The van der Waals surface area contributed by atoms with Gasteiger partial charge in [-0.1, -0.05) is 12.1 Å². The summed E-state index contributed by atoms with van der Waals surface area (Å²) in [5, 5.41) is 10.7. The maximum absolute atomic E-state index is 12.2. The molecular weight excluding hydrogens is 280 g/mol. The number of rotatable bonds is 4. The Labute approximate surface area is 127 Å². The molecule has 0 atom stereocenters. The van der Waals surface area contributed by atoms with Crippen LogP contribution in [0, 0.1) is 6.92 Å². The van der Waals surface area contributed by atoms with Gasteiger partial charge in [-0.15, -0.1) is 0 Å². The van der Waals surface area contributed by atoms with Gasteiger partial charge in [0.05, 0.1) is 18.5 Å². The van der Waals surface area contributed by atoms with E-state index >= 15 is 0 Å². The van der Waals surface area contributed by atoms with E-state index in [4.69, 9.17) is 4.74 Å². The zero-order valence-corrected chi connectivity index (χ0v) is 12.4. The standard InChI is InChI=1S/C16H16N4O2/c1-10-14-7-13(8-17-15(14)20-19-10)18-16(21)12-5-3-11(4-6-12)9-22-2/h3-8H,9H2,1-2H3,(H,18,21)(H,17,19,20). The second-order valence-electron chi connectivity index (χ2n) is 5.03. The van der Waals surface area contributed by atoms with Gasteiger partial charge in [0.15, 0.2) is 5.65 Å². The van der Waals surface area contributed by atoms with Crippen LogP contribution in [0.2, 0.25) is 0 Å². The van der Waals surface area contributed by atoms with Crippen molar-refractivity contribution < 1.29 is 9.53 Å². The summed E-state index contributed by atoms with van der Waals surface area (Å²) in [6, 6.07) is 9.16. The number of aromatic amines is 1. The van der Waals surface area contributed by atoms with E-state index in [1.165, 1.54) is 0 Å². The molecule has 112 valence electrons. The fourth-order valence-corrected chi connectivity index (χ4v) is 2.21. The van der Waals surface area contributed by atoms with Crippen molar-refractivity contribution in [2.24, 2.45) is 0 Å². The van der Waals surface area contributed by atoms with Crippen LogP contribution in [0.5, 0.6) is 0 Å². The van der Waals surface area contributed by atoms with Crippen LogP contribution in [0.4, 0.5) is 5.69 Å². The van der Waals surface area contributed by atoms with Crippen molar-refractivity contribution in [3.05, 3.63) is 53.3 Å². The van der Waals surface area contributed by atoms with E-state index in [0.29, 0.717) is 23.5 Å². The Bertz CT molecular complexity index is 809. The molecule has 0 radical (unpaired) electrons. The average molecular weight is 296 g/mol. The number of methoxy groups -OCH3 is 1. The highest BCUT2D eigenvalue weighted by Crippen LogP contribution is 2.18. The summed E-state index contributed by atoms with van der Waals surface area (Å²) >= 11 is 0. The minimum absolute atomic E-state index is 0.175. The number of amides is 1. The smallest absolute Gasteiger partial charge is 0.255 e. The molecule has 22 heavy (non-hydrogen) atoms. The summed E-state index contributed by atoms with van der Waals surface area (Å²) in [6.45, 7) is 2.44. The fraction of sp³-hybridized carbons (Fsp3) is 0.188. The first-order chi connectivity index (χ1) is 10.7. The summed E-state index contributed by atoms with van der Waals surface area (Å²) in [5.74, 6) is -0.175. The highest BCUT2D eigenvalue weighted by molar-refractivity contribution is 6.04. The molecule has 3 aromatic rings. The molecule has 0 aliphatic rings. The average Bonchev–Trinajstić information content (AvgIpc) is 2.89. The van der Waals surface area contributed by atoms with Crippen LogP contribution in [0.1, 0.15) is 21.6 Å². The predicted molar refractivity (Wildman–Crippen MR) is 83.7 cm³/mol. The number of nitrogens with zero attached hydrogens (tertiary/aromatic N) is 2. The van der Waals surface area contributed by atoms with E-state index in [0.717, 1.165) is 16.6 Å². The first-order valence-corrected chi connectivity index (χ1v) is 6.87. The first-order valence-electron chi connectivity index (χ1n) is 6.87. The molecule has 0 spiro atoms. The number of ether oxygens (including phenoxy) is 1. The molecule has 0 unspecified atom stereocenters. The van der Waals surface area contributed by atoms with Gasteiger partial charge >= 0.3 is 0 Å². The van der Waals surface area contributed by atoms with Gasteiger partial charge in [-0.05, 0) is 30.7 Å². The molecule has 0 saturated carbocycles. The number of benzene rings is 1. The summed E-state index contributed by atoms with van der Waals surface area (Å²) in [4.78, 5) is 16.5. The van der Waals surface area contributed by atoms with Crippen LogP contribution >= 0.6 is 0 Å². The lowest BCUT2D eigenvalue weighted by molar-refractivity contribution is 0.102. The van der Waals surface area contributed by atoms with Crippen molar-refractivity contribution in [2.45, 2.75) is 13.5 Å². The van der Waals surface area contributed by atoms with Crippen LogP contribution in [-0.4, -0.2) is 28.2 Å². The van der Waals surface area contributed by atoms with E-state index in [1.807, 2.05) is 25.1 Å². The number of H-pyrrole nitrogens is 1. The van der Waals surface area contributed by atoms with Crippen LogP contribution < -0.4 is 5.32 Å². The van der Waals surface area contributed by atoms with Crippen molar-refractivity contribution in [3.63, 3.8) is 0 Å². The number of anilines is 1. The summed E-state index contributed by atoms with van der Waals surface area (Å²) < 4.78 is 5.05. The first kappa shape index (κ1) is 14.2. The van der Waals surface area contributed by atoms with Gasteiger partial charge in [0.25, 0.3) is 5.91 Å². The molecule has 0 saturated heterocycles. The number of carbonyl (C=O) groups excluding carboxylic acids is 1. The molecule has 6 heteroatoms. The maximum Gasteiger partial charge on any atom is 0.255 e. The zero-order valence-electron chi connectivity index (χ0n) is 12.4. The Hall–Kier alpha value is -2.73. The van der Waals surface area contributed by atoms with Crippen molar-refractivity contribution in [1.82, 2.24) is 15.2 Å². The Morgan fingerprint density at radius 3 is 2.82 bits per heavy atom. The Morgan fingerprint density at radius 1 is 1.32 bits per heavy atom. The lowest BCUT2D eigenvalue weighted by Gasteiger charge is -2.06. The van der Waals surface area contributed by atoms with E-state index in [2.05, 4.69) is 20.5 Å². The van der Waals surface area contributed by atoms with Crippen molar-refractivity contribution in [2.75, 3.05) is 12.4 Å². The molecule has 0 bridgehead atoms. The van der Waals surface area contributed by atoms with Crippen LogP contribution in [0.3, 0.4) is 0 Å². The van der Waals surface area contributed by atoms with Crippen LogP contribution in [0.15, 0.2) is 36.5 Å². The molecule has 3 rings (SSSR count). The van der Waals surface area contributed by atoms with Gasteiger partial charge in [-0.25, -0.2) is 4.98 Å². The monoisotopic (exact) mass is 296 g/mol. The van der Waals surface area contributed by atoms with E-state index in [1.54, 1.807) is 25.4 Å². The number of hydrogen-bond donors (Lipinski definition) is 2. The lowest BCUT2D eigenvalue weighted by atomic mass is 10.1. The van der Waals surface area contributed by atoms with Gasteiger partial charge in [0.1, 0.15) is 0 Å². The molecule has 2 N–H and O–H groups in total. The molecular formula is C16H16N4O2. The molecule has 2 heterocycles. The van der Waals surface area contributed by atoms with E-state index in [9.17, 15) is 4.79 Å². The molecule has 0 aliphatic carbocycles. The Kier molecular flexibility index (Phi) is 3.84. The fourth-order valence-electron chi connectivity index (χ4n) is 2.21. The van der Waals surface area contributed by atoms with Crippen molar-refractivity contribution in [1.29, 1.82) is 0 Å². The highest BCUT2D eigenvalue weighted by atomic mass is 16.5. The maximum atomic E-state index is 12.2. The number of aromatic nitrogens is 3. The Morgan fingerprint density at radius 2 is 2.09 bits per heavy atom. The molecule has 0 fully saturated rings. The lowest BCUT2D eigenvalue weighted by Crippen LogP contribution is -2.12. The second-order valence-corrected chi connectivity index (χ2v) is 5.03. The van der Waals surface area contributed by atoms with Gasteiger partial charge in [0, 0.05) is 23.8 Å². The van der Waals surface area contributed by atoms with Gasteiger partial charge in [-0.2, -0.15) is 5.10 Å². The van der Waals surface area contributed by atoms with E-state index < -0.39 is 0 Å². The number of carbonyl (C=O) groups is 1. The Balaban J connectivity index is 1.78. The third-order valence-corrected chi connectivity index (χ3v) is 3.39. The number of pyridine rings is 1. The second kappa shape index (κ2) is 5.95. The quantitative estimate of drug-likeness (QED) is 0.775. The third kappa shape index (κ3) is 2.82. The predicted octanol–water partition coefficient (Wildman–Crippen LogP) is 2.67. The zero-order chi connectivity index (χ0) is 15.5. The number of aryl methyl sites for hydroxylation is 1. The van der Waals surface area contributed by atoms with Crippen molar-refractivity contribution in [3.8, 4) is 0 Å². The van der Waals surface area contributed by atoms with Gasteiger partial charge in [-0.3, -0.25) is 9.89 Å². The number of hydrogen-bond acceptors (Lipinski definition) is 4. The minimum atomic E-state index is -0.175. The molecule has 1 amide bonds. The van der Waals surface area contributed by atoms with Crippen molar-refractivity contribution >= 4 is 22.6 Å². The van der Waals surface area contributed by atoms with Crippen LogP contribution in [0.25, 0.3) is 11.0 Å². The third-order valence-electron chi connectivity index (χ3n) is 3.39.